The predicted molar refractivity (Wildman–Crippen MR) is 40.8 cm³/mol. The van der Waals surface area contributed by atoms with Gasteiger partial charge in [-0.05, 0) is 12.8 Å². The Morgan fingerprint density at radius 2 is 2.25 bits per heavy atom. The molecule has 1 aliphatic carbocycles. The molecule has 8 heavy (non-hydrogen) atoms. The van der Waals surface area contributed by atoms with Crippen LogP contribution in [0.1, 0.15) is 19.3 Å². The Hall–Kier alpha value is 0.220. The van der Waals surface area contributed by atoms with E-state index < -0.39 is 0 Å². The van der Waals surface area contributed by atoms with Crippen molar-refractivity contribution in [2.24, 2.45) is 5.41 Å². The van der Waals surface area contributed by atoms with Gasteiger partial charge in [0.2, 0.25) is 0 Å². The fourth-order valence-electron chi connectivity index (χ4n) is 0.879. The average Bonchev–Trinajstić information content (AvgIpc) is 1.67. The van der Waals surface area contributed by atoms with E-state index in [1.54, 1.807) is 0 Å². The van der Waals surface area contributed by atoms with Crippen molar-refractivity contribution in [1.82, 2.24) is 0 Å². The molecule has 44 valence electrons. The van der Waals surface area contributed by atoms with E-state index in [1.165, 1.54) is 6.42 Å². The maximum atomic E-state index is 8.58. The first-order valence-electron chi connectivity index (χ1n) is 2.80. The van der Waals surface area contributed by atoms with Gasteiger partial charge in [0.05, 0.1) is 11.5 Å². The highest BCUT2D eigenvalue weighted by atomic mass is 127. The van der Waals surface area contributed by atoms with Crippen LogP contribution >= 0.6 is 22.6 Å². The van der Waals surface area contributed by atoms with Crippen molar-refractivity contribution in [2.75, 3.05) is 4.43 Å². The lowest BCUT2D eigenvalue weighted by Crippen LogP contribution is -2.28. The van der Waals surface area contributed by atoms with E-state index in [0.29, 0.717) is 0 Å². The minimum Gasteiger partial charge on any atom is -0.198 e. The maximum absolute atomic E-state index is 8.58. The summed E-state index contributed by atoms with van der Waals surface area (Å²) in [5.74, 6) is 0. The van der Waals surface area contributed by atoms with E-state index in [4.69, 9.17) is 5.26 Å². The summed E-state index contributed by atoms with van der Waals surface area (Å²) in [4.78, 5) is 0. The van der Waals surface area contributed by atoms with Crippen molar-refractivity contribution in [3.63, 3.8) is 0 Å². The first-order chi connectivity index (χ1) is 3.83. The van der Waals surface area contributed by atoms with Crippen molar-refractivity contribution >= 4 is 22.6 Å². The molecular formula is C6H8IN. The summed E-state index contributed by atoms with van der Waals surface area (Å²) in [6.07, 6.45) is 3.52. The molecule has 0 atom stereocenters. The molecule has 0 heterocycles. The van der Waals surface area contributed by atoms with E-state index in [-0.39, 0.29) is 5.41 Å². The van der Waals surface area contributed by atoms with E-state index >= 15 is 0 Å². The highest BCUT2D eigenvalue weighted by Crippen LogP contribution is 2.41. The van der Waals surface area contributed by atoms with E-state index in [2.05, 4.69) is 28.7 Å². The minimum atomic E-state index is 0.0978. The fraction of sp³-hybridized carbons (Fsp3) is 0.833. The summed E-state index contributed by atoms with van der Waals surface area (Å²) in [5.41, 5.74) is 0.0978. The lowest BCUT2D eigenvalue weighted by atomic mass is 9.72. The zero-order chi connectivity index (χ0) is 6.04. The number of alkyl halides is 1. The normalized spacial score (nSPS) is 23.5. The summed E-state index contributed by atoms with van der Waals surface area (Å²) >= 11 is 2.30. The highest BCUT2D eigenvalue weighted by Gasteiger charge is 2.35. The molecule has 0 unspecified atom stereocenters. The molecule has 0 aliphatic heterocycles. The minimum absolute atomic E-state index is 0.0978. The molecule has 0 aromatic rings. The SMILES string of the molecule is N#CC1(CI)CCC1. The number of nitriles is 1. The molecule has 1 nitrogen and oxygen atoms in total. The van der Waals surface area contributed by atoms with Gasteiger partial charge < -0.3 is 0 Å². The number of nitrogens with zero attached hydrogens (tertiary/aromatic N) is 1. The largest absolute Gasteiger partial charge is 0.198 e. The maximum Gasteiger partial charge on any atom is 0.0697 e. The van der Waals surface area contributed by atoms with Crippen LogP contribution in [0, 0.1) is 16.7 Å². The van der Waals surface area contributed by atoms with Gasteiger partial charge in [0.25, 0.3) is 0 Å². The van der Waals surface area contributed by atoms with Crippen LogP contribution in [0.4, 0.5) is 0 Å². The molecule has 1 saturated carbocycles. The second kappa shape index (κ2) is 2.22. The van der Waals surface area contributed by atoms with Gasteiger partial charge in [-0.25, -0.2) is 0 Å². The van der Waals surface area contributed by atoms with E-state index in [9.17, 15) is 0 Å². The molecule has 0 aromatic heterocycles. The van der Waals surface area contributed by atoms with Gasteiger partial charge in [-0.3, -0.25) is 0 Å². The third-order valence-corrected chi connectivity index (χ3v) is 3.26. The second-order valence-electron chi connectivity index (χ2n) is 2.38. The number of rotatable bonds is 1. The van der Waals surface area contributed by atoms with Crippen molar-refractivity contribution in [2.45, 2.75) is 19.3 Å². The van der Waals surface area contributed by atoms with E-state index in [1.807, 2.05) is 0 Å². The van der Waals surface area contributed by atoms with Crippen LogP contribution in [0.2, 0.25) is 0 Å². The number of hydrogen-bond acceptors (Lipinski definition) is 1. The third kappa shape index (κ3) is 0.838. The van der Waals surface area contributed by atoms with Gasteiger partial charge in [-0.15, -0.1) is 0 Å². The molecule has 1 rings (SSSR count). The molecule has 0 saturated heterocycles. The molecule has 1 fully saturated rings. The summed E-state index contributed by atoms with van der Waals surface area (Å²) in [6, 6.07) is 2.36. The Bertz CT molecular complexity index is 115. The van der Waals surface area contributed by atoms with Crippen LogP contribution < -0.4 is 0 Å². The molecule has 0 aromatic carbocycles. The van der Waals surface area contributed by atoms with Crippen molar-refractivity contribution in [3.8, 4) is 6.07 Å². The summed E-state index contributed by atoms with van der Waals surface area (Å²) < 4.78 is 1.02. The van der Waals surface area contributed by atoms with Gasteiger partial charge in [-0.2, -0.15) is 5.26 Å². The number of halogens is 1. The third-order valence-electron chi connectivity index (χ3n) is 1.80. The van der Waals surface area contributed by atoms with E-state index in [0.717, 1.165) is 17.3 Å². The number of hydrogen-bond donors (Lipinski definition) is 0. The van der Waals surface area contributed by atoms with Crippen molar-refractivity contribution in [3.05, 3.63) is 0 Å². The Labute approximate surface area is 63.2 Å². The first-order valence-corrected chi connectivity index (χ1v) is 4.33. The lowest BCUT2D eigenvalue weighted by molar-refractivity contribution is 0.256. The first kappa shape index (κ1) is 6.34. The van der Waals surface area contributed by atoms with Gasteiger partial charge in [0, 0.05) is 4.43 Å². The van der Waals surface area contributed by atoms with Crippen LogP contribution in [-0.4, -0.2) is 4.43 Å². The van der Waals surface area contributed by atoms with Crippen LogP contribution in [0.25, 0.3) is 0 Å². The molecule has 0 radical (unpaired) electrons. The molecule has 2 heteroatoms. The Morgan fingerprint density at radius 3 is 2.25 bits per heavy atom. The monoisotopic (exact) mass is 221 g/mol. The zero-order valence-electron chi connectivity index (χ0n) is 4.65. The Kier molecular flexibility index (Phi) is 1.76. The van der Waals surface area contributed by atoms with Gasteiger partial charge in [0.15, 0.2) is 0 Å². The summed E-state index contributed by atoms with van der Waals surface area (Å²) in [5, 5.41) is 8.58. The molecule has 0 spiro atoms. The topological polar surface area (TPSA) is 23.8 Å². The van der Waals surface area contributed by atoms with Gasteiger partial charge in [0.1, 0.15) is 0 Å². The van der Waals surface area contributed by atoms with Crippen LogP contribution in [0.3, 0.4) is 0 Å². The smallest absolute Gasteiger partial charge is 0.0697 e. The van der Waals surface area contributed by atoms with Crippen LogP contribution in [-0.2, 0) is 0 Å². The average molecular weight is 221 g/mol. The highest BCUT2D eigenvalue weighted by molar-refractivity contribution is 14.1. The van der Waals surface area contributed by atoms with Crippen molar-refractivity contribution in [1.29, 1.82) is 5.26 Å². The Morgan fingerprint density at radius 1 is 1.62 bits per heavy atom. The molecule has 0 bridgehead atoms. The summed E-state index contributed by atoms with van der Waals surface area (Å²) in [6.45, 7) is 0. The summed E-state index contributed by atoms with van der Waals surface area (Å²) in [7, 11) is 0. The second-order valence-corrected chi connectivity index (χ2v) is 3.14. The fourth-order valence-corrected chi connectivity index (χ4v) is 1.81. The van der Waals surface area contributed by atoms with Crippen molar-refractivity contribution < 1.29 is 0 Å². The van der Waals surface area contributed by atoms with Crippen LogP contribution in [0.15, 0.2) is 0 Å². The predicted octanol–water partition coefficient (Wildman–Crippen LogP) is 2.12. The lowest BCUT2D eigenvalue weighted by Gasteiger charge is -2.32. The molecule has 1 aliphatic rings. The molecule has 0 amide bonds. The Balaban J connectivity index is 2.49. The van der Waals surface area contributed by atoms with Gasteiger partial charge in [-0.1, -0.05) is 29.0 Å². The molecular weight excluding hydrogens is 213 g/mol. The van der Waals surface area contributed by atoms with Gasteiger partial charge >= 0.3 is 0 Å². The standard InChI is InChI=1S/C6H8IN/c7-4-6(5-8)2-1-3-6/h1-4H2. The van der Waals surface area contributed by atoms with Crippen LogP contribution in [0.5, 0.6) is 0 Å². The zero-order valence-corrected chi connectivity index (χ0v) is 6.81. The quantitative estimate of drug-likeness (QED) is 0.491. The molecule has 0 N–H and O–H groups in total.